The minimum absolute atomic E-state index is 0. The standard InChI is InChI=1S/C36H25N12.Y/c1-4-10-24(11-5-1)17-46-23-43-28-29(38-21-41-33(28)46)36-45-31-30(39-22-42-34(31)48(36)19-26-14-8-3-9-15-26)35-44-27-16-37-20-40-32(27)47(35)18-25-12-6-2-7-13-25;/h1-15,20-23H,17-19H2;/q-1;. The van der Waals surface area contributed by atoms with Gasteiger partial charge < -0.3 is 23.7 Å². The average Bonchev–Trinajstić information content (AvgIpc) is 3.83. The van der Waals surface area contributed by atoms with Crippen LogP contribution in [0.15, 0.2) is 116 Å². The zero-order valence-corrected chi connectivity index (χ0v) is 28.9. The van der Waals surface area contributed by atoms with E-state index in [9.17, 15) is 0 Å². The summed E-state index contributed by atoms with van der Waals surface area (Å²) in [5.41, 5.74) is 8.26. The summed E-state index contributed by atoms with van der Waals surface area (Å²) in [4.78, 5) is 42.5. The van der Waals surface area contributed by atoms with Crippen molar-refractivity contribution < 1.29 is 32.7 Å². The van der Waals surface area contributed by atoms with Crippen LogP contribution in [-0.4, -0.2) is 58.6 Å². The van der Waals surface area contributed by atoms with Crippen LogP contribution in [0.2, 0.25) is 0 Å². The van der Waals surface area contributed by atoms with Crippen molar-refractivity contribution in [2.45, 2.75) is 19.6 Å². The van der Waals surface area contributed by atoms with E-state index in [-0.39, 0.29) is 32.7 Å². The predicted molar refractivity (Wildman–Crippen MR) is 179 cm³/mol. The van der Waals surface area contributed by atoms with Gasteiger partial charge in [0.15, 0.2) is 17.1 Å². The molecule has 0 unspecified atom stereocenters. The van der Waals surface area contributed by atoms with Crippen molar-refractivity contribution in [3.8, 4) is 23.0 Å². The zero-order chi connectivity index (χ0) is 31.9. The number of hydrogen-bond acceptors (Lipinski definition) is 9. The van der Waals surface area contributed by atoms with Crippen LogP contribution in [0.3, 0.4) is 0 Å². The molecule has 1 radical (unpaired) electrons. The van der Waals surface area contributed by atoms with Gasteiger partial charge >= 0.3 is 0 Å². The molecule has 0 aliphatic rings. The largest absolute Gasteiger partial charge is 0.374 e. The normalized spacial score (nSPS) is 11.3. The van der Waals surface area contributed by atoms with Crippen LogP contribution in [0.5, 0.6) is 0 Å². The van der Waals surface area contributed by atoms with E-state index >= 15 is 0 Å². The molecule has 13 heteroatoms. The van der Waals surface area contributed by atoms with Gasteiger partial charge in [0.25, 0.3) is 0 Å². The third kappa shape index (κ3) is 5.68. The number of benzene rings is 3. The first-order valence-electron chi connectivity index (χ1n) is 15.4. The van der Waals surface area contributed by atoms with E-state index in [0.717, 1.165) is 16.7 Å². The van der Waals surface area contributed by atoms with E-state index in [1.165, 1.54) is 6.33 Å². The van der Waals surface area contributed by atoms with E-state index in [4.69, 9.17) is 29.9 Å². The first kappa shape index (κ1) is 30.7. The summed E-state index contributed by atoms with van der Waals surface area (Å²) in [6.45, 7) is 1.65. The fraction of sp³-hybridized carbons (Fsp3) is 0.0833. The molecule has 6 heterocycles. The van der Waals surface area contributed by atoms with Crippen LogP contribution in [0, 0.1) is 6.20 Å². The molecule has 0 aliphatic carbocycles. The van der Waals surface area contributed by atoms with Gasteiger partial charge in [0, 0.05) is 56.7 Å². The summed E-state index contributed by atoms with van der Waals surface area (Å²) >= 11 is 0. The molecule has 0 spiro atoms. The van der Waals surface area contributed by atoms with Gasteiger partial charge in [-0.25, -0.2) is 29.9 Å². The molecule has 6 aromatic heterocycles. The van der Waals surface area contributed by atoms with Crippen LogP contribution in [0.1, 0.15) is 16.7 Å². The molecule has 3 aromatic carbocycles. The molecule has 0 bridgehead atoms. The first-order chi connectivity index (χ1) is 23.8. The predicted octanol–water partition coefficient (Wildman–Crippen LogP) is 5.38. The van der Waals surface area contributed by atoms with Crippen LogP contribution < -0.4 is 0 Å². The molecule has 0 N–H and O–H groups in total. The summed E-state index contributed by atoms with van der Waals surface area (Å²) in [5, 5.41) is 0. The van der Waals surface area contributed by atoms with Crippen molar-refractivity contribution in [2.75, 3.05) is 0 Å². The van der Waals surface area contributed by atoms with Crippen molar-refractivity contribution in [2.24, 2.45) is 0 Å². The molecule has 49 heavy (non-hydrogen) atoms. The number of rotatable bonds is 8. The fourth-order valence-corrected chi connectivity index (χ4v) is 6.06. The molecule has 0 amide bonds. The van der Waals surface area contributed by atoms with Crippen LogP contribution in [0.4, 0.5) is 0 Å². The maximum absolute atomic E-state index is 5.22. The summed E-state index contributed by atoms with van der Waals surface area (Å²) in [5.74, 6) is 1.19. The van der Waals surface area contributed by atoms with Crippen molar-refractivity contribution in [1.29, 1.82) is 0 Å². The van der Waals surface area contributed by atoms with Crippen LogP contribution in [-0.2, 0) is 52.3 Å². The Balaban J connectivity index is 0.00000348. The first-order valence-corrected chi connectivity index (χ1v) is 15.4. The Bertz CT molecular complexity index is 2540. The van der Waals surface area contributed by atoms with E-state index in [1.807, 2.05) is 63.7 Å². The molecule has 0 saturated carbocycles. The number of nitrogens with zero attached hydrogens (tertiary/aromatic N) is 12. The van der Waals surface area contributed by atoms with Crippen molar-refractivity contribution in [1.82, 2.24) is 58.6 Å². The molecule has 9 rings (SSSR count). The van der Waals surface area contributed by atoms with Gasteiger partial charge in [-0.3, -0.25) is 4.98 Å². The number of aromatic nitrogens is 12. The molecule has 0 fully saturated rings. The second-order valence-corrected chi connectivity index (χ2v) is 11.3. The Kier molecular flexibility index (Phi) is 8.24. The van der Waals surface area contributed by atoms with Gasteiger partial charge in [0.1, 0.15) is 40.9 Å². The zero-order valence-electron chi connectivity index (χ0n) is 26.0. The van der Waals surface area contributed by atoms with Crippen LogP contribution in [0.25, 0.3) is 56.5 Å². The Morgan fingerprint density at radius 2 is 1.02 bits per heavy atom. The summed E-state index contributed by atoms with van der Waals surface area (Å²) < 4.78 is 6.10. The van der Waals surface area contributed by atoms with E-state index in [0.29, 0.717) is 76.2 Å². The molecule has 0 atom stereocenters. The Hall–Kier alpha value is -5.59. The quantitative estimate of drug-likeness (QED) is 0.191. The summed E-state index contributed by atoms with van der Waals surface area (Å²) in [6, 6.07) is 30.6. The molecule has 0 aliphatic heterocycles. The van der Waals surface area contributed by atoms with Gasteiger partial charge in [0.05, 0.1) is 19.4 Å². The minimum Gasteiger partial charge on any atom is -0.374 e. The second-order valence-electron chi connectivity index (χ2n) is 11.3. The SMILES string of the molecule is [Y].[c-]1ncnc2c1nc(-c1ncnc3c1nc(-c1ncnc4c1ncn4Cc1ccccc1)n3Cc1ccccc1)n2Cc1ccccc1. The maximum atomic E-state index is 5.22. The Morgan fingerprint density at radius 3 is 1.67 bits per heavy atom. The van der Waals surface area contributed by atoms with Gasteiger partial charge in [-0.2, -0.15) is 0 Å². The second kappa shape index (κ2) is 13.1. The average molecular weight is 715 g/mol. The smallest absolute Gasteiger partial charge is 0.164 e. The number of hydrogen-bond donors (Lipinski definition) is 0. The fourth-order valence-electron chi connectivity index (χ4n) is 6.06. The van der Waals surface area contributed by atoms with Gasteiger partial charge in [0.2, 0.25) is 0 Å². The minimum atomic E-state index is 0. The van der Waals surface area contributed by atoms with E-state index in [2.05, 4.69) is 62.1 Å². The Morgan fingerprint density at radius 1 is 0.490 bits per heavy atom. The van der Waals surface area contributed by atoms with Crippen LogP contribution >= 0.6 is 0 Å². The molecule has 233 valence electrons. The van der Waals surface area contributed by atoms with Gasteiger partial charge in [-0.15, -0.1) is 0 Å². The summed E-state index contributed by atoms with van der Waals surface area (Å²) in [7, 11) is 0. The van der Waals surface area contributed by atoms with E-state index < -0.39 is 0 Å². The molecular weight excluding hydrogens is 689 g/mol. The van der Waals surface area contributed by atoms with Crippen molar-refractivity contribution in [3.05, 3.63) is 139 Å². The number of fused-ring (bicyclic) bond motifs is 3. The monoisotopic (exact) mass is 714 g/mol. The van der Waals surface area contributed by atoms with Crippen molar-refractivity contribution in [3.63, 3.8) is 0 Å². The topological polar surface area (TPSA) is 131 Å². The molecular formula is C36H25N12Y-. The number of imidazole rings is 3. The van der Waals surface area contributed by atoms with Gasteiger partial charge in [-0.05, 0) is 22.9 Å². The Labute approximate surface area is 304 Å². The molecule has 0 saturated heterocycles. The van der Waals surface area contributed by atoms with E-state index in [1.54, 1.807) is 19.0 Å². The molecule has 9 aromatic rings. The van der Waals surface area contributed by atoms with Crippen molar-refractivity contribution >= 4 is 33.5 Å². The summed E-state index contributed by atoms with van der Waals surface area (Å²) in [6.07, 6.45) is 9.39. The third-order valence-electron chi connectivity index (χ3n) is 8.27. The maximum Gasteiger partial charge on any atom is 0.164 e. The third-order valence-corrected chi connectivity index (χ3v) is 8.27. The molecule has 12 nitrogen and oxygen atoms in total. The van der Waals surface area contributed by atoms with Gasteiger partial charge in [-0.1, -0.05) is 91.0 Å².